The van der Waals surface area contributed by atoms with Crippen LogP contribution in [-0.2, 0) is 25.5 Å². The minimum Gasteiger partial charge on any atom is -0.464 e. The van der Waals surface area contributed by atoms with Crippen molar-refractivity contribution >= 4 is 17.8 Å². The lowest BCUT2D eigenvalue weighted by molar-refractivity contribution is -0.149. The largest absolute Gasteiger partial charge is 0.464 e. The molecular formula is C28H40N2O5. The molecule has 0 unspecified atom stereocenters. The fraction of sp³-hybridized carbons (Fsp3) is 0.536. The predicted octanol–water partition coefficient (Wildman–Crippen LogP) is 3.47. The van der Waals surface area contributed by atoms with Crippen molar-refractivity contribution in [3.05, 3.63) is 61.2 Å². The quantitative estimate of drug-likeness (QED) is 0.189. The number of hydrogen-bond acceptors (Lipinski definition) is 5. The summed E-state index contributed by atoms with van der Waals surface area (Å²) in [5.41, 5.74) is 0.500. The first-order valence-electron chi connectivity index (χ1n) is 12.5. The number of esters is 1. The number of benzene rings is 1. The molecule has 7 heteroatoms. The Morgan fingerprint density at radius 3 is 2.43 bits per heavy atom. The second-order valence-corrected chi connectivity index (χ2v) is 9.33. The number of rotatable bonds is 16. The molecule has 0 heterocycles. The van der Waals surface area contributed by atoms with E-state index in [2.05, 4.69) is 23.8 Å². The van der Waals surface area contributed by atoms with E-state index in [4.69, 9.17) is 4.74 Å². The Labute approximate surface area is 209 Å². The van der Waals surface area contributed by atoms with Gasteiger partial charge in [-0.25, -0.2) is 0 Å². The normalized spacial score (nSPS) is 16.0. The van der Waals surface area contributed by atoms with Crippen LogP contribution in [0.3, 0.4) is 0 Å². The highest BCUT2D eigenvalue weighted by Crippen LogP contribution is 2.29. The van der Waals surface area contributed by atoms with Gasteiger partial charge in [0.25, 0.3) is 0 Å². The van der Waals surface area contributed by atoms with E-state index in [0.29, 0.717) is 25.7 Å². The van der Waals surface area contributed by atoms with Gasteiger partial charge in [-0.15, -0.1) is 13.2 Å². The van der Waals surface area contributed by atoms with Gasteiger partial charge < -0.3 is 20.5 Å². The molecule has 0 aliphatic heterocycles. The topological polar surface area (TPSA) is 105 Å². The zero-order valence-electron chi connectivity index (χ0n) is 20.7. The maximum Gasteiger partial charge on any atom is 0.309 e. The molecule has 2 atom stereocenters. The Balaban J connectivity index is 1.80. The van der Waals surface area contributed by atoms with Crippen LogP contribution in [-0.4, -0.2) is 48.2 Å². The second kappa shape index (κ2) is 15.1. The Hall–Kier alpha value is -2.93. The molecule has 1 aromatic rings. The molecule has 0 bridgehead atoms. The summed E-state index contributed by atoms with van der Waals surface area (Å²) in [6.07, 6.45) is 9.15. The summed E-state index contributed by atoms with van der Waals surface area (Å²) in [6.45, 7) is 7.56. The van der Waals surface area contributed by atoms with Gasteiger partial charge in [-0.2, -0.15) is 0 Å². The van der Waals surface area contributed by atoms with Crippen LogP contribution in [0.4, 0.5) is 0 Å². The van der Waals surface area contributed by atoms with E-state index in [9.17, 15) is 19.5 Å². The van der Waals surface area contributed by atoms with E-state index in [0.717, 1.165) is 31.2 Å². The Bertz CT molecular complexity index is 833. The van der Waals surface area contributed by atoms with Gasteiger partial charge in [0.2, 0.25) is 11.8 Å². The molecule has 1 fully saturated rings. The van der Waals surface area contributed by atoms with Crippen LogP contribution in [0.1, 0.15) is 56.9 Å². The van der Waals surface area contributed by atoms with Crippen molar-refractivity contribution in [1.82, 2.24) is 10.6 Å². The van der Waals surface area contributed by atoms with E-state index in [1.165, 1.54) is 0 Å². The van der Waals surface area contributed by atoms with Crippen LogP contribution in [0.2, 0.25) is 0 Å². The Morgan fingerprint density at radius 2 is 1.80 bits per heavy atom. The van der Waals surface area contributed by atoms with Gasteiger partial charge in [0, 0.05) is 6.42 Å². The summed E-state index contributed by atoms with van der Waals surface area (Å²) < 4.78 is 5.45. The van der Waals surface area contributed by atoms with Crippen LogP contribution in [0.15, 0.2) is 55.6 Å². The van der Waals surface area contributed by atoms with Crippen molar-refractivity contribution in [2.75, 3.05) is 19.8 Å². The molecule has 3 N–H and O–H groups in total. The van der Waals surface area contributed by atoms with E-state index < -0.39 is 11.5 Å². The number of carbonyl (C=O) groups is 3. The lowest BCUT2D eigenvalue weighted by atomic mass is 9.95. The fourth-order valence-electron chi connectivity index (χ4n) is 4.54. The Morgan fingerprint density at radius 1 is 1.09 bits per heavy atom. The average molecular weight is 485 g/mol. The van der Waals surface area contributed by atoms with Crippen LogP contribution in [0, 0.1) is 11.8 Å². The van der Waals surface area contributed by atoms with Crippen LogP contribution in [0.5, 0.6) is 0 Å². The van der Waals surface area contributed by atoms with Crippen LogP contribution >= 0.6 is 0 Å². The summed E-state index contributed by atoms with van der Waals surface area (Å²) in [5.74, 6) is -1.68. The molecule has 0 radical (unpaired) electrons. The van der Waals surface area contributed by atoms with Gasteiger partial charge in [-0.3, -0.25) is 14.4 Å². The van der Waals surface area contributed by atoms with E-state index in [1.807, 2.05) is 30.3 Å². The smallest absolute Gasteiger partial charge is 0.309 e. The standard InChI is InChI=1S/C28H40N2O5/c1-3-5-14-24(19-22-12-7-6-8-13-22)27(34)35-18-17-29-26(33)23(11-4-2)20-25(32)30-28(21-31)15-9-10-16-28/h3-4,6-8,12-13,23-24,31H,1-2,5,9-11,14-21H2,(H,29,33)(H,30,32)/t23-,24+/m0/s1. The summed E-state index contributed by atoms with van der Waals surface area (Å²) in [4.78, 5) is 37.9. The summed E-state index contributed by atoms with van der Waals surface area (Å²) in [6, 6.07) is 9.79. The number of allylic oxidation sites excluding steroid dienone is 2. The predicted molar refractivity (Wildman–Crippen MR) is 136 cm³/mol. The third-order valence-corrected chi connectivity index (χ3v) is 6.54. The fourth-order valence-corrected chi connectivity index (χ4v) is 4.54. The lowest BCUT2D eigenvalue weighted by Gasteiger charge is -2.28. The van der Waals surface area contributed by atoms with Gasteiger partial charge in [-0.05, 0) is 44.1 Å². The number of nitrogens with one attached hydrogen (secondary N) is 2. The van der Waals surface area contributed by atoms with Gasteiger partial charge >= 0.3 is 5.97 Å². The highest BCUT2D eigenvalue weighted by atomic mass is 16.5. The minimum atomic E-state index is -0.571. The molecule has 35 heavy (non-hydrogen) atoms. The highest BCUT2D eigenvalue weighted by molar-refractivity contribution is 5.86. The molecule has 2 amide bonds. The molecule has 1 aromatic carbocycles. The van der Waals surface area contributed by atoms with Gasteiger partial charge in [-0.1, -0.05) is 55.3 Å². The second-order valence-electron chi connectivity index (χ2n) is 9.33. The number of ether oxygens (including phenoxy) is 1. The third-order valence-electron chi connectivity index (χ3n) is 6.54. The SMILES string of the molecule is C=CCC[C@H](Cc1ccccc1)C(=O)OCCNC(=O)[C@@H](CC=C)CC(=O)NC1(CO)CCCC1. The van der Waals surface area contributed by atoms with Crippen LogP contribution in [0.25, 0.3) is 0 Å². The van der Waals surface area contributed by atoms with Crippen molar-refractivity contribution in [3.63, 3.8) is 0 Å². The van der Waals surface area contributed by atoms with Crippen molar-refractivity contribution in [2.45, 2.75) is 63.3 Å². The lowest BCUT2D eigenvalue weighted by Crippen LogP contribution is -2.50. The first-order chi connectivity index (χ1) is 16.9. The number of amides is 2. The minimum absolute atomic E-state index is 0.0140. The van der Waals surface area contributed by atoms with Crippen LogP contribution < -0.4 is 10.6 Å². The third kappa shape index (κ3) is 9.68. The first-order valence-corrected chi connectivity index (χ1v) is 12.5. The number of aliphatic hydroxyl groups is 1. The molecule has 1 saturated carbocycles. The van der Waals surface area contributed by atoms with Gasteiger partial charge in [0.1, 0.15) is 6.61 Å². The van der Waals surface area contributed by atoms with E-state index >= 15 is 0 Å². The molecule has 0 saturated heterocycles. The van der Waals surface area contributed by atoms with Crippen molar-refractivity contribution in [3.8, 4) is 0 Å². The molecule has 7 nitrogen and oxygen atoms in total. The number of aliphatic hydroxyl groups excluding tert-OH is 1. The van der Waals surface area contributed by atoms with Crippen molar-refractivity contribution < 1.29 is 24.2 Å². The molecule has 2 rings (SSSR count). The van der Waals surface area contributed by atoms with Crippen molar-refractivity contribution in [2.24, 2.45) is 11.8 Å². The highest BCUT2D eigenvalue weighted by Gasteiger charge is 2.35. The molecule has 0 spiro atoms. The maximum atomic E-state index is 12.7. The molecule has 1 aliphatic carbocycles. The van der Waals surface area contributed by atoms with Gasteiger partial charge in [0.15, 0.2) is 0 Å². The molecule has 0 aromatic heterocycles. The first kappa shape index (κ1) is 28.3. The molecular weight excluding hydrogens is 444 g/mol. The average Bonchev–Trinajstić information content (AvgIpc) is 3.33. The molecule has 1 aliphatic rings. The summed E-state index contributed by atoms with van der Waals surface area (Å²) in [7, 11) is 0. The Kier molecular flexibility index (Phi) is 12.2. The zero-order valence-corrected chi connectivity index (χ0v) is 20.7. The number of carbonyl (C=O) groups excluding carboxylic acids is 3. The maximum absolute atomic E-state index is 12.7. The molecule has 192 valence electrons. The summed E-state index contributed by atoms with van der Waals surface area (Å²) in [5, 5.41) is 15.4. The van der Waals surface area contributed by atoms with E-state index in [-0.39, 0.29) is 49.9 Å². The monoisotopic (exact) mass is 484 g/mol. The zero-order chi connectivity index (χ0) is 25.5. The van der Waals surface area contributed by atoms with E-state index in [1.54, 1.807) is 12.2 Å². The van der Waals surface area contributed by atoms with Crippen molar-refractivity contribution in [1.29, 1.82) is 0 Å². The summed E-state index contributed by atoms with van der Waals surface area (Å²) >= 11 is 0. The number of hydrogen-bond donors (Lipinski definition) is 3. The van der Waals surface area contributed by atoms with Gasteiger partial charge in [0.05, 0.1) is 30.5 Å².